The lowest BCUT2D eigenvalue weighted by molar-refractivity contribution is 0.459. The number of nitrogens with one attached hydrogen (secondary N) is 1. The number of nitrogens with zero attached hydrogens (tertiary/aromatic N) is 3. The summed E-state index contributed by atoms with van der Waals surface area (Å²) in [5.74, 6) is 3.02. The molecule has 1 aliphatic heterocycles. The second-order valence-corrected chi connectivity index (χ2v) is 5.59. The third-order valence-electron chi connectivity index (χ3n) is 4.04. The number of rotatable bonds is 5. The minimum atomic E-state index is 0.359. The van der Waals surface area contributed by atoms with Crippen LogP contribution in [0.25, 0.3) is 0 Å². The molecule has 112 valence electrons. The summed E-state index contributed by atoms with van der Waals surface area (Å²) in [6.45, 7) is 7.48. The smallest absolute Gasteiger partial charge is 0.223 e. The number of aromatic nitrogens is 2. The van der Waals surface area contributed by atoms with Crippen molar-refractivity contribution in [1.82, 2.24) is 9.97 Å². The Hall–Kier alpha value is -1.52. The van der Waals surface area contributed by atoms with Crippen molar-refractivity contribution in [2.24, 2.45) is 5.92 Å². The Bertz CT molecular complexity index is 421. The molecule has 5 heteroatoms. The maximum absolute atomic E-state index is 5.84. The zero-order chi connectivity index (χ0) is 14.4. The zero-order valence-electron chi connectivity index (χ0n) is 12.7. The quantitative estimate of drug-likeness (QED) is 0.866. The summed E-state index contributed by atoms with van der Waals surface area (Å²) >= 11 is 0. The van der Waals surface area contributed by atoms with E-state index in [1.165, 1.54) is 25.7 Å². The molecule has 0 aliphatic carbocycles. The van der Waals surface area contributed by atoms with Crippen LogP contribution in [0, 0.1) is 5.92 Å². The van der Waals surface area contributed by atoms with Crippen molar-refractivity contribution in [2.45, 2.75) is 46.0 Å². The van der Waals surface area contributed by atoms with Gasteiger partial charge in [0.15, 0.2) is 0 Å². The molecule has 1 fully saturated rings. The molecule has 0 aromatic carbocycles. The number of nitrogen functional groups attached to an aromatic ring is 1. The summed E-state index contributed by atoms with van der Waals surface area (Å²) in [4.78, 5) is 11.0. The third kappa shape index (κ3) is 3.99. The number of hydrogen-bond donors (Lipinski definition) is 2. The standard InChI is InChI=1S/C15H27N5/c1-3-8-17-13-11-14(19-15(16)18-13)20-9-5-6-12(4-2)7-10-20/h11-12H,3-10H2,1-2H3,(H3,16,17,18,19). The van der Waals surface area contributed by atoms with Crippen molar-refractivity contribution in [3.05, 3.63) is 6.07 Å². The lowest BCUT2D eigenvalue weighted by Gasteiger charge is -2.22. The zero-order valence-corrected chi connectivity index (χ0v) is 12.7. The number of anilines is 3. The molecule has 2 rings (SSSR count). The van der Waals surface area contributed by atoms with Crippen LogP contribution in [0.2, 0.25) is 0 Å². The summed E-state index contributed by atoms with van der Waals surface area (Å²) in [6, 6.07) is 2.03. The van der Waals surface area contributed by atoms with E-state index >= 15 is 0 Å². The van der Waals surface area contributed by atoms with E-state index in [1.54, 1.807) is 0 Å². The van der Waals surface area contributed by atoms with E-state index in [0.29, 0.717) is 5.95 Å². The molecule has 0 bridgehead atoms. The second-order valence-electron chi connectivity index (χ2n) is 5.59. The van der Waals surface area contributed by atoms with Gasteiger partial charge in [0.1, 0.15) is 11.6 Å². The van der Waals surface area contributed by atoms with Crippen LogP contribution >= 0.6 is 0 Å². The van der Waals surface area contributed by atoms with Gasteiger partial charge in [-0.1, -0.05) is 20.3 Å². The molecular formula is C15H27N5. The maximum Gasteiger partial charge on any atom is 0.223 e. The first-order valence-corrected chi connectivity index (χ1v) is 7.86. The van der Waals surface area contributed by atoms with Crippen LogP contribution in [0.4, 0.5) is 17.6 Å². The molecule has 20 heavy (non-hydrogen) atoms. The van der Waals surface area contributed by atoms with Gasteiger partial charge < -0.3 is 16.0 Å². The highest BCUT2D eigenvalue weighted by Gasteiger charge is 2.17. The fourth-order valence-electron chi connectivity index (χ4n) is 2.76. The molecule has 1 aliphatic rings. The van der Waals surface area contributed by atoms with Crippen LogP contribution in [0.5, 0.6) is 0 Å². The highest BCUT2D eigenvalue weighted by atomic mass is 15.2. The minimum Gasteiger partial charge on any atom is -0.370 e. The van der Waals surface area contributed by atoms with Gasteiger partial charge >= 0.3 is 0 Å². The first kappa shape index (κ1) is 14.9. The van der Waals surface area contributed by atoms with Gasteiger partial charge in [-0.25, -0.2) is 0 Å². The SMILES string of the molecule is CCCNc1cc(N2CCCC(CC)CC2)nc(N)n1. The Kier molecular flexibility index (Phi) is 5.44. The van der Waals surface area contributed by atoms with E-state index in [1.807, 2.05) is 6.07 Å². The average Bonchev–Trinajstić information content (AvgIpc) is 2.70. The summed E-state index contributed by atoms with van der Waals surface area (Å²) in [7, 11) is 0. The molecule has 2 heterocycles. The van der Waals surface area contributed by atoms with E-state index < -0.39 is 0 Å². The fourth-order valence-corrected chi connectivity index (χ4v) is 2.76. The average molecular weight is 277 g/mol. The largest absolute Gasteiger partial charge is 0.370 e. The summed E-state index contributed by atoms with van der Waals surface area (Å²) in [6.07, 6.45) is 6.16. The Morgan fingerprint density at radius 1 is 1.30 bits per heavy atom. The van der Waals surface area contributed by atoms with Crippen LogP contribution < -0.4 is 16.0 Å². The van der Waals surface area contributed by atoms with Gasteiger partial charge in [0, 0.05) is 25.7 Å². The molecule has 1 aromatic rings. The van der Waals surface area contributed by atoms with Gasteiger partial charge in [0.05, 0.1) is 0 Å². The summed E-state index contributed by atoms with van der Waals surface area (Å²) in [5, 5.41) is 3.29. The highest BCUT2D eigenvalue weighted by Crippen LogP contribution is 2.24. The van der Waals surface area contributed by atoms with E-state index in [9.17, 15) is 0 Å². The van der Waals surface area contributed by atoms with Crippen molar-refractivity contribution < 1.29 is 0 Å². The van der Waals surface area contributed by atoms with Crippen molar-refractivity contribution in [3.63, 3.8) is 0 Å². The first-order chi connectivity index (χ1) is 9.72. The monoisotopic (exact) mass is 277 g/mol. The van der Waals surface area contributed by atoms with Crippen LogP contribution in [-0.2, 0) is 0 Å². The van der Waals surface area contributed by atoms with Crippen LogP contribution in [0.15, 0.2) is 6.07 Å². The molecule has 1 saturated heterocycles. The Balaban J connectivity index is 2.08. The van der Waals surface area contributed by atoms with Gasteiger partial charge in [-0.2, -0.15) is 9.97 Å². The van der Waals surface area contributed by atoms with Gasteiger partial charge in [-0.3, -0.25) is 0 Å². The Labute approximate surface area is 122 Å². The van der Waals surface area contributed by atoms with E-state index in [0.717, 1.165) is 43.6 Å². The second kappa shape index (κ2) is 7.31. The van der Waals surface area contributed by atoms with Crippen molar-refractivity contribution in [3.8, 4) is 0 Å². The molecule has 1 unspecified atom stereocenters. The molecule has 5 nitrogen and oxygen atoms in total. The molecule has 1 aromatic heterocycles. The van der Waals surface area contributed by atoms with E-state index in [4.69, 9.17) is 5.73 Å². The molecular weight excluding hydrogens is 250 g/mol. The van der Waals surface area contributed by atoms with Gasteiger partial charge in [-0.15, -0.1) is 0 Å². The molecule has 0 saturated carbocycles. The Morgan fingerprint density at radius 3 is 2.90 bits per heavy atom. The van der Waals surface area contributed by atoms with E-state index in [2.05, 4.69) is 34.0 Å². The third-order valence-corrected chi connectivity index (χ3v) is 4.04. The van der Waals surface area contributed by atoms with Gasteiger partial charge in [0.2, 0.25) is 5.95 Å². The Morgan fingerprint density at radius 2 is 2.15 bits per heavy atom. The molecule has 0 radical (unpaired) electrons. The molecule has 0 amide bonds. The normalized spacial score (nSPS) is 19.7. The molecule has 3 N–H and O–H groups in total. The van der Waals surface area contributed by atoms with Crippen molar-refractivity contribution >= 4 is 17.6 Å². The number of hydrogen-bond acceptors (Lipinski definition) is 5. The predicted molar refractivity (Wildman–Crippen MR) is 85.1 cm³/mol. The summed E-state index contributed by atoms with van der Waals surface area (Å²) < 4.78 is 0. The predicted octanol–water partition coefficient (Wildman–Crippen LogP) is 2.90. The summed E-state index contributed by atoms with van der Waals surface area (Å²) in [5.41, 5.74) is 5.84. The van der Waals surface area contributed by atoms with Crippen LogP contribution in [-0.4, -0.2) is 29.6 Å². The maximum atomic E-state index is 5.84. The van der Waals surface area contributed by atoms with Crippen molar-refractivity contribution in [1.29, 1.82) is 0 Å². The lowest BCUT2D eigenvalue weighted by atomic mass is 9.98. The molecule has 1 atom stereocenters. The van der Waals surface area contributed by atoms with Crippen LogP contribution in [0.1, 0.15) is 46.0 Å². The van der Waals surface area contributed by atoms with E-state index in [-0.39, 0.29) is 0 Å². The lowest BCUT2D eigenvalue weighted by Crippen LogP contribution is -2.26. The minimum absolute atomic E-state index is 0.359. The van der Waals surface area contributed by atoms with Gasteiger partial charge in [0.25, 0.3) is 0 Å². The van der Waals surface area contributed by atoms with Crippen molar-refractivity contribution in [2.75, 3.05) is 35.6 Å². The highest BCUT2D eigenvalue weighted by molar-refractivity contribution is 5.52. The first-order valence-electron chi connectivity index (χ1n) is 7.86. The molecule has 0 spiro atoms. The fraction of sp³-hybridized carbons (Fsp3) is 0.733. The van der Waals surface area contributed by atoms with Crippen LogP contribution in [0.3, 0.4) is 0 Å². The number of nitrogens with two attached hydrogens (primary N) is 1. The van der Waals surface area contributed by atoms with Gasteiger partial charge in [-0.05, 0) is 31.6 Å². The topological polar surface area (TPSA) is 67.1 Å².